The van der Waals surface area contributed by atoms with Crippen LogP contribution in [-0.4, -0.2) is 13.1 Å². The lowest BCUT2D eigenvalue weighted by molar-refractivity contribution is 0.0522. The highest BCUT2D eigenvalue weighted by atomic mass is 14.9. The lowest BCUT2D eigenvalue weighted by Crippen LogP contribution is -2.44. The number of rotatable bonds is 5. The molecule has 0 heterocycles. The van der Waals surface area contributed by atoms with Crippen LogP contribution in [0.2, 0.25) is 0 Å². The van der Waals surface area contributed by atoms with E-state index in [-0.39, 0.29) is 0 Å². The van der Waals surface area contributed by atoms with Crippen molar-refractivity contribution in [3.63, 3.8) is 0 Å². The van der Waals surface area contributed by atoms with E-state index in [1.54, 1.807) is 0 Å². The third kappa shape index (κ3) is 2.25. The summed E-state index contributed by atoms with van der Waals surface area (Å²) >= 11 is 0. The molecular weight excluding hydrogens is 158 g/mol. The van der Waals surface area contributed by atoms with E-state index in [4.69, 9.17) is 0 Å². The number of hydrogen-bond acceptors (Lipinski definition) is 1. The highest BCUT2D eigenvalue weighted by Crippen LogP contribution is 2.46. The number of hydrogen-bond donors (Lipinski definition) is 1. The predicted octanol–water partition coefficient (Wildman–Crippen LogP) is 3.06. The smallest absolute Gasteiger partial charge is 0.00102 e. The molecule has 0 bridgehead atoms. The summed E-state index contributed by atoms with van der Waals surface area (Å²) in [5, 5.41) is 3.52. The van der Waals surface area contributed by atoms with Gasteiger partial charge in [0.25, 0.3) is 0 Å². The third-order valence-electron chi connectivity index (χ3n) is 4.11. The maximum absolute atomic E-state index is 3.52. The topological polar surface area (TPSA) is 12.0 Å². The van der Waals surface area contributed by atoms with Gasteiger partial charge in [0.05, 0.1) is 0 Å². The van der Waals surface area contributed by atoms with Crippen LogP contribution in [-0.2, 0) is 0 Å². The van der Waals surface area contributed by atoms with Crippen molar-refractivity contribution in [1.29, 1.82) is 0 Å². The second-order valence-electron chi connectivity index (χ2n) is 5.07. The SMILES string of the molecule is CCNCC(C)(C(C)C)C1CCC1. The van der Waals surface area contributed by atoms with Crippen LogP contribution in [0.25, 0.3) is 0 Å². The Morgan fingerprint density at radius 3 is 2.31 bits per heavy atom. The first-order valence-corrected chi connectivity index (χ1v) is 5.82. The quantitative estimate of drug-likeness (QED) is 0.691. The highest BCUT2D eigenvalue weighted by Gasteiger charge is 2.39. The fourth-order valence-corrected chi connectivity index (χ4v) is 2.28. The van der Waals surface area contributed by atoms with Crippen LogP contribution in [0.4, 0.5) is 0 Å². The molecule has 0 saturated heterocycles. The molecule has 1 fully saturated rings. The minimum atomic E-state index is 0.536. The van der Waals surface area contributed by atoms with E-state index in [2.05, 4.69) is 33.0 Å². The van der Waals surface area contributed by atoms with Gasteiger partial charge in [-0.25, -0.2) is 0 Å². The summed E-state index contributed by atoms with van der Waals surface area (Å²) in [6.45, 7) is 11.7. The molecule has 1 heteroatoms. The zero-order valence-corrected chi connectivity index (χ0v) is 9.69. The maximum Gasteiger partial charge on any atom is 0.00102 e. The van der Waals surface area contributed by atoms with Gasteiger partial charge in [0.2, 0.25) is 0 Å². The first-order valence-electron chi connectivity index (χ1n) is 5.82. The van der Waals surface area contributed by atoms with E-state index >= 15 is 0 Å². The van der Waals surface area contributed by atoms with Crippen molar-refractivity contribution in [2.24, 2.45) is 17.3 Å². The first-order chi connectivity index (χ1) is 6.11. The van der Waals surface area contributed by atoms with Crippen molar-refractivity contribution in [2.45, 2.75) is 47.0 Å². The first kappa shape index (κ1) is 11.0. The van der Waals surface area contributed by atoms with Crippen LogP contribution in [0.5, 0.6) is 0 Å². The maximum atomic E-state index is 3.52. The number of nitrogens with one attached hydrogen (secondary N) is 1. The zero-order valence-electron chi connectivity index (χ0n) is 9.69. The Kier molecular flexibility index (Phi) is 3.78. The Balaban J connectivity index is 2.51. The Morgan fingerprint density at radius 2 is 2.00 bits per heavy atom. The highest BCUT2D eigenvalue weighted by molar-refractivity contribution is 4.91. The molecule has 1 N–H and O–H groups in total. The van der Waals surface area contributed by atoms with E-state index in [0.29, 0.717) is 5.41 Å². The molecule has 1 saturated carbocycles. The Morgan fingerprint density at radius 1 is 1.38 bits per heavy atom. The second-order valence-corrected chi connectivity index (χ2v) is 5.07. The van der Waals surface area contributed by atoms with Gasteiger partial charge in [-0.3, -0.25) is 0 Å². The minimum absolute atomic E-state index is 0.536. The van der Waals surface area contributed by atoms with Crippen LogP contribution in [0.1, 0.15) is 47.0 Å². The Hall–Kier alpha value is -0.0400. The lowest BCUT2D eigenvalue weighted by atomic mass is 9.61. The van der Waals surface area contributed by atoms with Crippen LogP contribution in [0.15, 0.2) is 0 Å². The molecule has 0 spiro atoms. The zero-order chi connectivity index (χ0) is 9.90. The van der Waals surface area contributed by atoms with E-state index in [9.17, 15) is 0 Å². The Labute approximate surface area is 83.3 Å². The second kappa shape index (κ2) is 4.45. The van der Waals surface area contributed by atoms with E-state index in [1.807, 2.05) is 0 Å². The van der Waals surface area contributed by atoms with Gasteiger partial charge in [-0.15, -0.1) is 0 Å². The van der Waals surface area contributed by atoms with Crippen molar-refractivity contribution in [3.8, 4) is 0 Å². The van der Waals surface area contributed by atoms with Gasteiger partial charge in [0.15, 0.2) is 0 Å². The molecule has 1 aliphatic rings. The van der Waals surface area contributed by atoms with E-state index < -0.39 is 0 Å². The fourth-order valence-electron chi connectivity index (χ4n) is 2.28. The molecule has 0 aromatic rings. The van der Waals surface area contributed by atoms with Crippen molar-refractivity contribution in [2.75, 3.05) is 13.1 Å². The average Bonchev–Trinajstić information content (AvgIpc) is 1.97. The normalized spacial score (nSPS) is 22.8. The molecule has 0 aromatic heterocycles. The molecule has 1 aliphatic carbocycles. The largest absolute Gasteiger partial charge is 0.316 e. The standard InChI is InChI=1S/C12H25N/c1-5-13-9-12(4,10(2)3)11-7-6-8-11/h10-11,13H,5-9H2,1-4H3. The van der Waals surface area contributed by atoms with Gasteiger partial charge in [-0.05, 0) is 36.6 Å². The van der Waals surface area contributed by atoms with Gasteiger partial charge >= 0.3 is 0 Å². The van der Waals surface area contributed by atoms with E-state index in [1.165, 1.54) is 25.8 Å². The molecule has 13 heavy (non-hydrogen) atoms. The average molecular weight is 183 g/mol. The third-order valence-corrected chi connectivity index (χ3v) is 4.11. The van der Waals surface area contributed by atoms with Gasteiger partial charge in [-0.1, -0.05) is 34.1 Å². The van der Waals surface area contributed by atoms with Gasteiger partial charge < -0.3 is 5.32 Å². The fraction of sp³-hybridized carbons (Fsp3) is 1.00. The predicted molar refractivity (Wildman–Crippen MR) is 58.8 cm³/mol. The van der Waals surface area contributed by atoms with Gasteiger partial charge in [0.1, 0.15) is 0 Å². The lowest BCUT2D eigenvalue weighted by Gasteiger charge is -2.46. The molecule has 1 atom stereocenters. The molecule has 1 unspecified atom stereocenters. The molecule has 0 amide bonds. The van der Waals surface area contributed by atoms with Crippen molar-refractivity contribution >= 4 is 0 Å². The summed E-state index contributed by atoms with van der Waals surface area (Å²) in [7, 11) is 0. The summed E-state index contributed by atoms with van der Waals surface area (Å²) in [5.41, 5.74) is 0.536. The summed E-state index contributed by atoms with van der Waals surface area (Å²) in [6.07, 6.45) is 4.37. The van der Waals surface area contributed by atoms with Gasteiger partial charge in [-0.2, -0.15) is 0 Å². The van der Waals surface area contributed by atoms with Gasteiger partial charge in [0, 0.05) is 6.54 Å². The van der Waals surface area contributed by atoms with Crippen molar-refractivity contribution in [3.05, 3.63) is 0 Å². The van der Waals surface area contributed by atoms with E-state index in [0.717, 1.165) is 18.4 Å². The Bertz CT molecular complexity index is 149. The molecule has 0 aromatic carbocycles. The molecule has 78 valence electrons. The molecule has 0 radical (unpaired) electrons. The molecule has 1 rings (SSSR count). The summed E-state index contributed by atoms with van der Waals surface area (Å²) in [5.74, 6) is 1.78. The van der Waals surface area contributed by atoms with Crippen molar-refractivity contribution in [1.82, 2.24) is 5.32 Å². The molecule has 1 nitrogen and oxygen atoms in total. The van der Waals surface area contributed by atoms with Crippen LogP contribution in [0, 0.1) is 17.3 Å². The summed E-state index contributed by atoms with van der Waals surface area (Å²) < 4.78 is 0. The molecule has 0 aliphatic heterocycles. The van der Waals surface area contributed by atoms with Crippen molar-refractivity contribution < 1.29 is 0 Å². The molecular formula is C12H25N. The summed E-state index contributed by atoms with van der Waals surface area (Å²) in [6, 6.07) is 0. The van der Waals surface area contributed by atoms with Crippen LogP contribution >= 0.6 is 0 Å². The monoisotopic (exact) mass is 183 g/mol. The van der Waals surface area contributed by atoms with Crippen LogP contribution < -0.4 is 5.32 Å². The van der Waals surface area contributed by atoms with Crippen LogP contribution in [0.3, 0.4) is 0 Å². The summed E-state index contributed by atoms with van der Waals surface area (Å²) in [4.78, 5) is 0. The minimum Gasteiger partial charge on any atom is -0.316 e.